The molecule has 0 spiro atoms. The molecule has 1 saturated heterocycles. The van der Waals surface area contributed by atoms with Crippen molar-refractivity contribution in [3.63, 3.8) is 0 Å². The highest BCUT2D eigenvalue weighted by atomic mass is 19.4. The van der Waals surface area contributed by atoms with Gasteiger partial charge in [-0.1, -0.05) is 24.3 Å². The molecular formula is C24H24F3N5. The van der Waals surface area contributed by atoms with Crippen LogP contribution in [0.4, 0.5) is 13.2 Å². The Balaban J connectivity index is 1.24. The van der Waals surface area contributed by atoms with Gasteiger partial charge in [0.2, 0.25) is 0 Å². The molecule has 5 rings (SSSR count). The molecule has 0 bridgehead atoms. The molecule has 2 aromatic heterocycles. The van der Waals surface area contributed by atoms with Crippen LogP contribution in [-0.4, -0.2) is 37.5 Å². The van der Waals surface area contributed by atoms with E-state index in [1.807, 2.05) is 31.5 Å². The van der Waals surface area contributed by atoms with Crippen molar-refractivity contribution in [1.82, 2.24) is 24.4 Å². The number of aromatic amines is 1. The van der Waals surface area contributed by atoms with E-state index in [0.717, 1.165) is 61.5 Å². The lowest BCUT2D eigenvalue weighted by atomic mass is 10.0. The van der Waals surface area contributed by atoms with Gasteiger partial charge in [0.05, 0.1) is 28.6 Å². The number of nitrogens with one attached hydrogen (secondary N) is 1. The lowest BCUT2D eigenvalue weighted by Gasteiger charge is -2.32. The number of nitrogens with zero attached hydrogens (tertiary/aromatic N) is 4. The van der Waals surface area contributed by atoms with Crippen molar-refractivity contribution in [2.24, 2.45) is 0 Å². The number of alkyl halides is 3. The van der Waals surface area contributed by atoms with Gasteiger partial charge in [-0.05, 0) is 44.0 Å². The van der Waals surface area contributed by atoms with E-state index < -0.39 is 11.7 Å². The zero-order valence-electron chi connectivity index (χ0n) is 17.7. The second-order valence-electron chi connectivity index (χ2n) is 8.38. The first-order valence-corrected chi connectivity index (χ1v) is 10.8. The number of piperidine rings is 1. The molecule has 1 aliphatic rings. The maximum absolute atomic E-state index is 12.8. The van der Waals surface area contributed by atoms with Crippen molar-refractivity contribution in [2.75, 3.05) is 13.1 Å². The van der Waals surface area contributed by atoms with Crippen LogP contribution in [0.5, 0.6) is 0 Å². The predicted octanol–water partition coefficient (Wildman–Crippen LogP) is 5.59. The quantitative estimate of drug-likeness (QED) is 0.451. The predicted molar refractivity (Wildman–Crippen MR) is 117 cm³/mol. The number of H-pyrrole nitrogens is 1. The molecule has 0 amide bonds. The van der Waals surface area contributed by atoms with Gasteiger partial charge in [-0.25, -0.2) is 9.97 Å². The van der Waals surface area contributed by atoms with Gasteiger partial charge in [-0.2, -0.15) is 13.2 Å². The summed E-state index contributed by atoms with van der Waals surface area (Å²) in [6, 6.07) is 13.8. The minimum atomic E-state index is -4.34. The average molecular weight is 439 g/mol. The van der Waals surface area contributed by atoms with E-state index in [9.17, 15) is 13.2 Å². The van der Waals surface area contributed by atoms with E-state index in [1.54, 1.807) is 0 Å². The van der Waals surface area contributed by atoms with Crippen molar-refractivity contribution in [2.45, 2.75) is 38.5 Å². The smallest absolute Gasteiger partial charge is 0.342 e. The Labute approximate surface area is 183 Å². The Bertz CT molecular complexity index is 1210. The number of likely N-dealkylation sites (tertiary alicyclic amines) is 1. The van der Waals surface area contributed by atoms with Gasteiger partial charge in [0, 0.05) is 36.9 Å². The van der Waals surface area contributed by atoms with Crippen LogP contribution < -0.4 is 0 Å². The van der Waals surface area contributed by atoms with E-state index in [-0.39, 0.29) is 0 Å². The van der Waals surface area contributed by atoms with E-state index in [2.05, 4.69) is 30.5 Å². The van der Waals surface area contributed by atoms with Crippen molar-refractivity contribution < 1.29 is 13.2 Å². The molecular weight excluding hydrogens is 415 g/mol. The maximum atomic E-state index is 12.8. The summed E-state index contributed by atoms with van der Waals surface area (Å²) < 4.78 is 40.7. The van der Waals surface area contributed by atoms with Crippen LogP contribution >= 0.6 is 0 Å². The molecule has 5 nitrogen and oxygen atoms in total. The van der Waals surface area contributed by atoms with Gasteiger partial charge in [-0.15, -0.1) is 0 Å². The van der Waals surface area contributed by atoms with Crippen LogP contribution in [0.3, 0.4) is 0 Å². The zero-order valence-corrected chi connectivity index (χ0v) is 17.7. The van der Waals surface area contributed by atoms with Gasteiger partial charge in [0.15, 0.2) is 0 Å². The molecule has 1 N–H and O–H groups in total. The second kappa shape index (κ2) is 8.09. The fourth-order valence-corrected chi connectivity index (χ4v) is 4.44. The summed E-state index contributed by atoms with van der Waals surface area (Å²) in [6.45, 7) is 4.60. The van der Waals surface area contributed by atoms with E-state index >= 15 is 0 Å². The van der Waals surface area contributed by atoms with Crippen LogP contribution in [0.2, 0.25) is 0 Å². The second-order valence-corrected chi connectivity index (χ2v) is 8.38. The summed E-state index contributed by atoms with van der Waals surface area (Å²) in [4.78, 5) is 14.8. The highest BCUT2D eigenvalue weighted by Gasteiger charge is 2.30. The number of halogens is 3. The molecule has 0 atom stereocenters. The largest absolute Gasteiger partial charge is 0.416 e. The summed E-state index contributed by atoms with van der Waals surface area (Å²) in [5.41, 5.74) is 4.08. The van der Waals surface area contributed by atoms with E-state index in [1.165, 1.54) is 17.6 Å². The van der Waals surface area contributed by atoms with Gasteiger partial charge in [0.1, 0.15) is 5.82 Å². The third-order valence-corrected chi connectivity index (χ3v) is 6.28. The molecule has 32 heavy (non-hydrogen) atoms. The summed E-state index contributed by atoms with van der Waals surface area (Å²) in [5, 5.41) is 0. The van der Waals surface area contributed by atoms with E-state index in [0.29, 0.717) is 17.4 Å². The lowest BCUT2D eigenvalue weighted by Crippen LogP contribution is -2.34. The number of rotatable bonds is 4. The summed E-state index contributed by atoms with van der Waals surface area (Å²) in [7, 11) is 0. The summed E-state index contributed by atoms with van der Waals surface area (Å²) in [5.74, 6) is 0.603. The van der Waals surface area contributed by atoms with Crippen molar-refractivity contribution in [3.8, 4) is 11.4 Å². The van der Waals surface area contributed by atoms with Crippen molar-refractivity contribution in [1.29, 1.82) is 0 Å². The highest BCUT2D eigenvalue weighted by molar-refractivity contribution is 5.75. The molecule has 0 radical (unpaired) electrons. The van der Waals surface area contributed by atoms with Crippen molar-refractivity contribution in [3.05, 3.63) is 71.8 Å². The Hall–Kier alpha value is -3.13. The molecule has 0 unspecified atom stereocenters. The number of fused-ring (bicyclic) bond motifs is 1. The molecule has 166 valence electrons. The number of para-hydroxylation sites is 2. The van der Waals surface area contributed by atoms with Gasteiger partial charge in [0.25, 0.3) is 0 Å². The number of aryl methyl sites for hydroxylation is 1. The van der Waals surface area contributed by atoms with Crippen LogP contribution in [0.15, 0.2) is 54.9 Å². The molecule has 1 fully saturated rings. The molecule has 4 aromatic rings. The van der Waals surface area contributed by atoms with E-state index in [4.69, 9.17) is 0 Å². The Morgan fingerprint density at radius 2 is 1.75 bits per heavy atom. The molecule has 8 heteroatoms. The average Bonchev–Trinajstić information content (AvgIpc) is 3.38. The summed E-state index contributed by atoms with van der Waals surface area (Å²) >= 11 is 0. The molecule has 2 aromatic carbocycles. The number of imidazole rings is 2. The molecule has 0 aliphatic carbocycles. The van der Waals surface area contributed by atoms with Crippen LogP contribution in [-0.2, 0) is 12.7 Å². The monoisotopic (exact) mass is 439 g/mol. The number of benzene rings is 2. The van der Waals surface area contributed by atoms with Gasteiger partial charge in [-0.3, -0.25) is 4.90 Å². The number of hydrogen-bond donors (Lipinski definition) is 1. The molecule has 0 saturated carbocycles. The summed E-state index contributed by atoms with van der Waals surface area (Å²) in [6.07, 6.45) is -0.317. The van der Waals surface area contributed by atoms with Crippen molar-refractivity contribution >= 4 is 11.0 Å². The number of aromatic nitrogens is 4. The Morgan fingerprint density at radius 1 is 1.03 bits per heavy atom. The highest BCUT2D eigenvalue weighted by Crippen LogP contribution is 2.31. The van der Waals surface area contributed by atoms with Crippen LogP contribution in [0.1, 0.15) is 35.8 Å². The molecule has 3 heterocycles. The third kappa shape index (κ3) is 4.02. The first kappa shape index (κ1) is 20.8. The minimum Gasteiger partial charge on any atom is -0.342 e. The maximum Gasteiger partial charge on any atom is 0.416 e. The first-order chi connectivity index (χ1) is 15.4. The zero-order chi connectivity index (χ0) is 22.3. The Kier molecular flexibility index (Phi) is 5.25. The minimum absolute atomic E-state index is 0.432. The third-order valence-electron chi connectivity index (χ3n) is 6.28. The van der Waals surface area contributed by atoms with Gasteiger partial charge >= 0.3 is 6.18 Å². The normalized spacial score (nSPS) is 16.1. The SMILES string of the molecule is Cc1[nH]c(-c2ccc(C(F)(F)F)cc2)nc1CN1CCC(n2cnc3ccccc32)CC1. The fourth-order valence-electron chi connectivity index (χ4n) is 4.44. The first-order valence-electron chi connectivity index (χ1n) is 10.8. The standard InChI is InChI=1S/C24H24F3N5/c1-16-21(30-23(29-16)17-6-8-18(9-7-17)24(25,26)27)14-31-12-10-19(11-13-31)32-15-28-20-4-2-3-5-22(20)32/h2-9,15,19H,10-14H2,1H3,(H,29,30). The number of hydrogen-bond acceptors (Lipinski definition) is 3. The van der Waals surface area contributed by atoms with Gasteiger partial charge < -0.3 is 9.55 Å². The van der Waals surface area contributed by atoms with Crippen LogP contribution in [0, 0.1) is 6.92 Å². The molecule has 1 aliphatic heterocycles. The Morgan fingerprint density at radius 3 is 2.47 bits per heavy atom. The topological polar surface area (TPSA) is 49.7 Å². The van der Waals surface area contributed by atoms with Crippen LogP contribution in [0.25, 0.3) is 22.4 Å². The fraction of sp³-hybridized carbons (Fsp3) is 0.333. The lowest BCUT2D eigenvalue weighted by molar-refractivity contribution is -0.137.